The maximum atomic E-state index is 11.7. The average Bonchev–Trinajstić information content (AvgIpc) is 2.32. The number of carboxylic acid groups (broad SMARTS) is 1. The first-order valence-electron chi connectivity index (χ1n) is 5.09. The van der Waals surface area contributed by atoms with Crippen LogP contribution in [0.25, 0.3) is 11.1 Å². The van der Waals surface area contributed by atoms with Gasteiger partial charge < -0.3 is 10.2 Å². The summed E-state index contributed by atoms with van der Waals surface area (Å²) in [5, 5.41) is 22.3. The van der Waals surface area contributed by atoms with E-state index in [0.717, 1.165) is 4.68 Å². The molecular weight excluding hydrogens is 236 g/mol. The van der Waals surface area contributed by atoms with Gasteiger partial charge in [0.1, 0.15) is 11.3 Å². The molecule has 0 unspecified atom stereocenters. The van der Waals surface area contributed by atoms with Crippen LogP contribution in [0.3, 0.4) is 0 Å². The van der Waals surface area contributed by atoms with Gasteiger partial charge in [0.2, 0.25) is 0 Å². The smallest absolute Gasteiger partial charge is 0.342 e. The molecule has 18 heavy (non-hydrogen) atoms. The summed E-state index contributed by atoms with van der Waals surface area (Å²) in [6.07, 6.45) is 1.29. The molecule has 0 aliphatic rings. The van der Waals surface area contributed by atoms with Crippen molar-refractivity contribution in [2.45, 2.75) is 0 Å². The van der Waals surface area contributed by atoms with Crippen molar-refractivity contribution in [2.75, 3.05) is 0 Å². The van der Waals surface area contributed by atoms with E-state index < -0.39 is 11.5 Å². The molecule has 2 N–H and O–H groups in total. The van der Waals surface area contributed by atoms with Crippen LogP contribution < -0.4 is 5.56 Å². The maximum absolute atomic E-state index is 11.7. The quantitative estimate of drug-likeness (QED) is 0.819. The van der Waals surface area contributed by atoms with Gasteiger partial charge >= 0.3 is 5.97 Å². The summed E-state index contributed by atoms with van der Waals surface area (Å²) in [5.74, 6) is -1.33. The number of aromatic carboxylic acids is 1. The van der Waals surface area contributed by atoms with Crippen molar-refractivity contribution in [3.63, 3.8) is 0 Å². The van der Waals surface area contributed by atoms with Gasteiger partial charge in [-0.3, -0.25) is 4.79 Å². The third kappa shape index (κ3) is 1.95. The Balaban J connectivity index is 2.76. The van der Waals surface area contributed by atoms with Gasteiger partial charge in [-0.05, 0) is 17.7 Å². The van der Waals surface area contributed by atoms with Gasteiger partial charge in [-0.2, -0.15) is 5.10 Å². The molecule has 0 spiro atoms. The van der Waals surface area contributed by atoms with Gasteiger partial charge in [0, 0.05) is 12.6 Å². The van der Waals surface area contributed by atoms with E-state index >= 15 is 0 Å². The van der Waals surface area contributed by atoms with Crippen molar-refractivity contribution in [3.05, 3.63) is 46.4 Å². The second-order valence-electron chi connectivity index (χ2n) is 3.72. The molecule has 0 saturated carbocycles. The molecule has 0 aliphatic carbocycles. The molecule has 0 atom stereocenters. The van der Waals surface area contributed by atoms with E-state index in [1.165, 1.54) is 25.4 Å². The standard InChI is InChI=1S/C12H10N2O4/c1-14-11(16)10(12(17)18)9(6-13-14)7-3-2-4-8(15)5-7/h2-6,15H,1H3,(H,17,18). The summed E-state index contributed by atoms with van der Waals surface area (Å²) in [6, 6.07) is 6.00. The molecule has 1 heterocycles. The lowest BCUT2D eigenvalue weighted by molar-refractivity contribution is 0.0694. The number of benzene rings is 1. The number of aryl methyl sites for hydroxylation is 1. The van der Waals surface area contributed by atoms with Crippen LogP contribution in [0.5, 0.6) is 5.75 Å². The normalized spacial score (nSPS) is 10.3. The Hall–Kier alpha value is -2.63. The molecule has 0 radical (unpaired) electrons. The first-order chi connectivity index (χ1) is 8.50. The number of rotatable bonds is 2. The maximum Gasteiger partial charge on any atom is 0.342 e. The Morgan fingerprint density at radius 2 is 2.11 bits per heavy atom. The van der Waals surface area contributed by atoms with E-state index in [1.54, 1.807) is 12.1 Å². The fraction of sp³-hybridized carbons (Fsp3) is 0.0833. The van der Waals surface area contributed by atoms with Gasteiger partial charge in [0.25, 0.3) is 5.56 Å². The van der Waals surface area contributed by atoms with E-state index in [1.807, 2.05) is 0 Å². The van der Waals surface area contributed by atoms with E-state index in [4.69, 9.17) is 5.11 Å². The summed E-state index contributed by atoms with van der Waals surface area (Å²) in [5.41, 5.74) is -0.444. The van der Waals surface area contributed by atoms with Crippen molar-refractivity contribution in [1.29, 1.82) is 0 Å². The van der Waals surface area contributed by atoms with Crippen molar-refractivity contribution >= 4 is 5.97 Å². The molecule has 1 aromatic carbocycles. The number of phenolic OH excluding ortho intramolecular Hbond substituents is 1. The second kappa shape index (κ2) is 4.33. The zero-order chi connectivity index (χ0) is 13.3. The first kappa shape index (κ1) is 11.8. The van der Waals surface area contributed by atoms with Crippen molar-refractivity contribution in [3.8, 4) is 16.9 Å². The molecule has 6 heteroatoms. The van der Waals surface area contributed by atoms with Crippen LogP contribution in [0.2, 0.25) is 0 Å². The molecule has 0 bridgehead atoms. The van der Waals surface area contributed by atoms with Gasteiger partial charge in [-0.1, -0.05) is 12.1 Å². The van der Waals surface area contributed by atoms with Crippen molar-refractivity contribution in [1.82, 2.24) is 9.78 Å². The zero-order valence-corrected chi connectivity index (χ0v) is 9.49. The summed E-state index contributed by atoms with van der Waals surface area (Å²) >= 11 is 0. The van der Waals surface area contributed by atoms with E-state index in [0.29, 0.717) is 5.56 Å². The Bertz CT molecular complexity index is 676. The van der Waals surface area contributed by atoms with Crippen LogP contribution >= 0.6 is 0 Å². The van der Waals surface area contributed by atoms with Gasteiger partial charge in [0.05, 0.1) is 6.20 Å². The minimum absolute atomic E-state index is 0.00971. The SMILES string of the molecule is Cn1ncc(-c2cccc(O)c2)c(C(=O)O)c1=O. The number of nitrogens with zero attached hydrogens (tertiary/aromatic N) is 2. The summed E-state index contributed by atoms with van der Waals surface area (Å²) in [4.78, 5) is 22.9. The molecule has 6 nitrogen and oxygen atoms in total. The molecule has 0 amide bonds. The molecule has 0 saturated heterocycles. The Morgan fingerprint density at radius 1 is 1.39 bits per heavy atom. The molecule has 1 aromatic heterocycles. The monoisotopic (exact) mass is 246 g/mol. The summed E-state index contributed by atoms with van der Waals surface area (Å²) in [6.45, 7) is 0. The Labute approximate surface area is 102 Å². The number of phenols is 1. The number of aromatic hydroxyl groups is 1. The highest BCUT2D eigenvalue weighted by molar-refractivity contribution is 5.95. The van der Waals surface area contributed by atoms with Crippen molar-refractivity contribution in [2.24, 2.45) is 7.05 Å². The van der Waals surface area contributed by atoms with Crippen LogP contribution in [-0.2, 0) is 7.05 Å². The van der Waals surface area contributed by atoms with Gasteiger partial charge in [-0.15, -0.1) is 0 Å². The van der Waals surface area contributed by atoms with E-state index in [-0.39, 0.29) is 16.9 Å². The summed E-state index contributed by atoms with van der Waals surface area (Å²) in [7, 11) is 1.38. The number of carboxylic acids is 1. The first-order valence-corrected chi connectivity index (χ1v) is 5.09. The molecule has 0 aliphatic heterocycles. The molecule has 92 valence electrons. The number of carbonyl (C=O) groups is 1. The summed E-state index contributed by atoms with van der Waals surface area (Å²) < 4.78 is 0.954. The topological polar surface area (TPSA) is 92.4 Å². The van der Waals surface area contributed by atoms with E-state index in [9.17, 15) is 14.7 Å². The predicted octanol–water partition coefficient (Wildman–Crippen LogP) is 0.851. The predicted molar refractivity (Wildman–Crippen MR) is 63.5 cm³/mol. The van der Waals surface area contributed by atoms with Crippen LogP contribution in [0.15, 0.2) is 35.3 Å². The van der Waals surface area contributed by atoms with Crippen LogP contribution in [0, 0.1) is 0 Å². The third-order valence-corrected chi connectivity index (χ3v) is 2.51. The molecule has 0 fully saturated rings. The van der Waals surface area contributed by atoms with Crippen LogP contribution in [-0.4, -0.2) is 26.0 Å². The fourth-order valence-electron chi connectivity index (χ4n) is 1.64. The van der Waals surface area contributed by atoms with Crippen LogP contribution in [0.4, 0.5) is 0 Å². The Kier molecular flexibility index (Phi) is 2.85. The third-order valence-electron chi connectivity index (χ3n) is 2.51. The minimum atomic E-state index is -1.32. The minimum Gasteiger partial charge on any atom is -0.508 e. The zero-order valence-electron chi connectivity index (χ0n) is 9.49. The van der Waals surface area contributed by atoms with Crippen LogP contribution in [0.1, 0.15) is 10.4 Å². The average molecular weight is 246 g/mol. The highest BCUT2D eigenvalue weighted by Crippen LogP contribution is 2.24. The van der Waals surface area contributed by atoms with Gasteiger partial charge in [0.15, 0.2) is 0 Å². The number of hydrogen-bond donors (Lipinski definition) is 2. The lowest BCUT2D eigenvalue weighted by atomic mass is 10.0. The largest absolute Gasteiger partial charge is 0.508 e. The van der Waals surface area contributed by atoms with Crippen molar-refractivity contribution < 1.29 is 15.0 Å². The fourth-order valence-corrected chi connectivity index (χ4v) is 1.64. The lowest BCUT2D eigenvalue weighted by Gasteiger charge is -2.07. The van der Waals surface area contributed by atoms with E-state index in [2.05, 4.69) is 5.10 Å². The molecular formula is C12H10N2O4. The number of aromatic nitrogens is 2. The number of hydrogen-bond acceptors (Lipinski definition) is 4. The second-order valence-corrected chi connectivity index (χ2v) is 3.72. The Morgan fingerprint density at radius 3 is 2.72 bits per heavy atom. The highest BCUT2D eigenvalue weighted by atomic mass is 16.4. The lowest BCUT2D eigenvalue weighted by Crippen LogP contribution is -2.27. The van der Waals surface area contributed by atoms with Gasteiger partial charge in [-0.25, -0.2) is 9.48 Å². The highest BCUT2D eigenvalue weighted by Gasteiger charge is 2.18. The molecule has 2 rings (SSSR count). The molecule has 2 aromatic rings.